The van der Waals surface area contributed by atoms with E-state index in [4.69, 9.17) is 0 Å². The quantitative estimate of drug-likeness (QED) is 0.628. The molecule has 2 atom stereocenters. The van der Waals surface area contributed by atoms with E-state index in [2.05, 4.69) is 24.0 Å². The minimum atomic E-state index is 0.180. The standard InChI is InChI=1S/C12H15NO/c1-8-7-10-5-4-6-11(9(2)14)12(10)13(8)3/h4-7,10,12H,1-3H3. The summed E-state index contributed by atoms with van der Waals surface area (Å²) in [7, 11) is 2.05. The molecule has 0 N–H and O–H groups in total. The minimum absolute atomic E-state index is 0.180. The molecule has 2 rings (SSSR count). The van der Waals surface area contributed by atoms with Crippen LogP contribution in [-0.2, 0) is 4.79 Å². The van der Waals surface area contributed by atoms with Crippen molar-refractivity contribution in [2.24, 2.45) is 5.92 Å². The fraction of sp³-hybridized carbons (Fsp3) is 0.417. The number of Topliss-reactive ketones (excluding diaryl/α,β-unsaturated/α-hetero) is 1. The van der Waals surface area contributed by atoms with Gasteiger partial charge in [-0.3, -0.25) is 4.79 Å². The van der Waals surface area contributed by atoms with Crippen molar-refractivity contribution >= 4 is 5.78 Å². The highest BCUT2D eigenvalue weighted by atomic mass is 16.1. The first-order valence-corrected chi connectivity index (χ1v) is 4.92. The number of fused-ring (bicyclic) bond motifs is 1. The van der Waals surface area contributed by atoms with Crippen LogP contribution in [0.5, 0.6) is 0 Å². The molecule has 2 heteroatoms. The highest BCUT2D eigenvalue weighted by molar-refractivity contribution is 5.95. The van der Waals surface area contributed by atoms with Crippen LogP contribution in [0.15, 0.2) is 35.6 Å². The third-order valence-electron chi connectivity index (χ3n) is 3.11. The third kappa shape index (κ3) is 1.22. The van der Waals surface area contributed by atoms with Gasteiger partial charge in [0.15, 0.2) is 5.78 Å². The average molecular weight is 189 g/mol. The first-order chi connectivity index (χ1) is 6.61. The highest BCUT2D eigenvalue weighted by Gasteiger charge is 2.34. The van der Waals surface area contributed by atoms with E-state index in [0.29, 0.717) is 5.92 Å². The van der Waals surface area contributed by atoms with Crippen LogP contribution < -0.4 is 0 Å². The zero-order valence-corrected chi connectivity index (χ0v) is 8.82. The van der Waals surface area contributed by atoms with Crippen molar-refractivity contribution in [1.82, 2.24) is 4.90 Å². The summed E-state index contributed by atoms with van der Waals surface area (Å²) in [5.41, 5.74) is 2.17. The summed E-state index contributed by atoms with van der Waals surface area (Å²) in [5.74, 6) is 0.559. The molecule has 0 spiro atoms. The monoisotopic (exact) mass is 189 g/mol. The van der Waals surface area contributed by atoms with Gasteiger partial charge in [-0.05, 0) is 13.8 Å². The van der Waals surface area contributed by atoms with Crippen LogP contribution in [0.25, 0.3) is 0 Å². The third-order valence-corrected chi connectivity index (χ3v) is 3.11. The molecule has 14 heavy (non-hydrogen) atoms. The summed E-state index contributed by atoms with van der Waals surface area (Å²) in [6.07, 6.45) is 8.30. The van der Waals surface area contributed by atoms with Crippen molar-refractivity contribution in [3.8, 4) is 0 Å². The maximum Gasteiger partial charge on any atom is 0.157 e. The van der Waals surface area contributed by atoms with Crippen LogP contribution in [0, 0.1) is 5.92 Å². The Balaban J connectivity index is 2.37. The van der Waals surface area contributed by atoms with E-state index >= 15 is 0 Å². The van der Waals surface area contributed by atoms with Crippen molar-refractivity contribution in [3.05, 3.63) is 35.6 Å². The zero-order valence-electron chi connectivity index (χ0n) is 8.82. The van der Waals surface area contributed by atoms with Gasteiger partial charge in [0.25, 0.3) is 0 Å². The lowest BCUT2D eigenvalue weighted by atomic mass is 9.88. The van der Waals surface area contributed by atoms with Gasteiger partial charge in [0, 0.05) is 24.2 Å². The Kier molecular flexibility index (Phi) is 2.06. The fourth-order valence-corrected chi connectivity index (χ4v) is 2.25. The second-order valence-electron chi connectivity index (χ2n) is 4.00. The number of carbonyl (C=O) groups is 1. The van der Waals surface area contributed by atoms with Crippen LogP contribution >= 0.6 is 0 Å². The lowest BCUT2D eigenvalue weighted by molar-refractivity contribution is -0.114. The van der Waals surface area contributed by atoms with E-state index in [0.717, 1.165) is 5.57 Å². The van der Waals surface area contributed by atoms with Gasteiger partial charge in [-0.15, -0.1) is 0 Å². The lowest BCUT2D eigenvalue weighted by Crippen LogP contribution is -2.35. The maximum atomic E-state index is 11.4. The van der Waals surface area contributed by atoms with E-state index < -0.39 is 0 Å². The molecule has 0 aromatic rings. The van der Waals surface area contributed by atoms with Gasteiger partial charge in [0.05, 0.1) is 6.04 Å². The van der Waals surface area contributed by atoms with Crippen molar-refractivity contribution in [2.75, 3.05) is 7.05 Å². The zero-order chi connectivity index (χ0) is 10.3. The van der Waals surface area contributed by atoms with Crippen LogP contribution in [0.2, 0.25) is 0 Å². The Hall–Kier alpha value is -1.31. The van der Waals surface area contributed by atoms with Crippen molar-refractivity contribution in [1.29, 1.82) is 0 Å². The summed E-state index contributed by atoms with van der Waals surface area (Å²) in [5, 5.41) is 0. The molecule has 2 aliphatic rings. The smallest absolute Gasteiger partial charge is 0.157 e. The molecule has 0 fully saturated rings. The molecular formula is C12H15NO. The van der Waals surface area contributed by atoms with E-state index in [1.165, 1.54) is 5.70 Å². The number of ketones is 1. The van der Waals surface area contributed by atoms with Gasteiger partial charge in [-0.25, -0.2) is 0 Å². The average Bonchev–Trinajstić information content (AvgIpc) is 2.43. The van der Waals surface area contributed by atoms with Crippen LogP contribution in [0.4, 0.5) is 0 Å². The second-order valence-corrected chi connectivity index (χ2v) is 4.00. The van der Waals surface area contributed by atoms with E-state index in [1.807, 2.05) is 19.2 Å². The molecule has 0 saturated carbocycles. The molecule has 0 bridgehead atoms. The molecule has 0 aromatic heterocycles. The number of rotatable bonds is 1. The summed E-state index contributed by atoms with van der Waals surface area (Å²) in [6.45, 7) is 3.73. The van der Waals surface area contributed by atoms with Gasteiger partial charge >= 0.3 is 0 Å². The Bertz CT molecular complexity index is 363. The number of nitrogens with zero attached hydrogens (tertiary/aromatic N) is 1. The molecule has 2 unspecified atom stereocenters. The molecule has 2 nitrogen and oxygen atoms in total. The minimum Gasteiger partial charge on any atom is -0.370 e. The van der Waals surface area contributed by atoms with E-state index in [-0.39, 0.29) is 11.8 Å². The van der Waals surface area contributed by atoms with Crippen molar-refractivity contribution in [2.45, 2.75) is 19.9 Å². The van der Waals surface area contributed by atoms with Gasteiger partial charge in [-0.1, -0.05) is 24.3 Å². The number of hydrogen-bond donors (Lipinski definition) is 0. The van der Waals surface area contributed by atoms with Crippen LogP contribution in [0.1, 0.15) is 13.8 Å². The summed E-state index contributed by atoms with van der Waals surface area (Å²) >= 11 is 0. The molecule has 1 aliphatic heterocycles. The first kappa shape index (κ1) is 9.25. The van der Waals surface area contributed by atoms with Crippen molar-refractivity contribution < 1.29 is 4.79 Å². The van der Waals surface area contributed by atoms with Gasteiger partial charge in [0.2, 0.25) is 0 Å². The predicted molar refractivity (Wildman–Crippen MR) is 56.7 cm³/mol. The number of allylic oxidation sites excluding steroid dienone is 3. The largest absolute Gasteiger partial charge is 0.370 e. The summed E-state index contributed by atoms with van der Waals surface area (Å²) in [6, 6.07) is 0.234. The molecule has 0 saturated heterocycles. The Morgan fingerprint density at radius 3 is 2.86 bits per heavy atom. The fourth-order valence-electron chi connectivity index (χ4n) is 2.25. The second kappa shape index (κ2) is 3.12. The van der Waals surface area contributed by atoms with Gasteiger partial charge < -0.3 is 4.90 Å². The van der Waals surface area contributed by atoms with Gasteiger partial charge in [-0.2, -0.15) is 0 Å². The SMILES string of the molecule is CC(=O)C1=CC=CC2C=C(C)N(C)C12. The number of carbonyl (C=O) groups excluding carboxylic acids is 1. The maximum absolute atomic E-state index is 11.4. The number of likely N-dealkylation sites (N-methyl/N-ethyl adjacent to an activating group) is 1. The van der Waals surface area contributed by atoms with E-state index in [9.17, 15) is 4.79 Å². The van der Waals surface area contributed by atoms with Crippen LogP contribution in [0.3, 0.4) is 0 Å². The lowest BCUT2D eigenvalue weighted by Gasteiger charge is -2.29. The van der Waals surface area contributed by atoms with Crippen LogP contribution in [-0.4, -0.2) is 23.8 Å². The molecule has 74 valence electrons. The molecule has 1 heterocycles. The number of hydrogen-bond acceptors (Lipinski definition) is 2. The topological polar surface area (TPSA) is 20.3 Å². The predicted octanol–water partition coefficient (Wildman–Crippen LogP) is 1.91. The molecular weight excluding hydrogens is 174 g/mol. The Labute approximate surface area is 84.6 Å². The Morgan fingerprint density at radius 1 is 1.50 bits per heavy atom. The molecule has 0 amide bonds. The van der Waals surface area contributed by atoms with Crippen molar-refractivity contribution in [3.63, 3.8) is 0 Å². The highest BCUT2D eigenvalue weighted by Crippen LogP contribution is 2.33. The van der Waals surface area contributed by atoms with E-state index in [1.54, 1.807) is 6.92 Å². The van der Waals surface area contributed by atoms with Gasteiger partial charge in [0.1, 0.15) is 0 Å². The molecule has 0 aromatic carbocycles. The Morgan fingerprint density at radius 2 is 2.21 bits per heavy atom. The normalized spacial score (nSPS) is 29.8. The molecule has 1 aliphatic carbocycles. The first-order valence-electron chi connectivity index (χ1n) is 4.92. The molecule has 0 radical (unpaired) electrons. The summed E-state index contributed by atoms with van der Waals surface area (Å²) in [4.78, 5) is 13.6. The summed E-state index contributed by atoms with van der Waals surface area (Å²) < 4.78 is 0.